The molecule has 33 heavy (non-hydrogen) atoms. The van der Waals surface area contributed by atoms with Crippen LogP contribution in [0, 0.1) is 0 Å². The second-order valence-corrected chi connectivity index (χ2v) is 10.2. The Balaban J connectivity index is 1.82. The van der Waals surface area contributed by atoms with Crippen molar-refractivity contribution in [3.8, 4) is 17.1 Å². The van der Waals surface area contributed by atoms with E-state index < -0.39 is 16.5 Å². The van der Waals surface area contributed by atoms with Crippen LogP contribution < -0.4 is 4.74 Å². The molecule has 0 spiro atoms. The summed E-state index contributed by atoms with van der Waals surface area (Å²) >= 11 is 4.69. The molecule has 6 heteroatoms. The Kier molecular flexibility index (Phi) is 7.27. The van der Waals surface area contributed by atoms with Crippen LogP contribution in [-0.2, 0) is 22.4 Å². The molecule has 0 aliphatic carbocycles. The van der Waals surface area contributed by atoms with Gasteiger partial charge in [0.25, 0.3) is 0 Å². The normalized spacial score (nSPS) is 13.5. The van der Waals surface area contributed by atoms with E-state index in [-0.39, 0.29) is 0 Å². The minimum absolute atomic E-state index is 0.356. The highest BCUT2D eigenvalue weighted by molar-refractivity contribution is 7.81. The fourth-order valence-corrected chi connectivity index (χ4v) is 4.40. The van der Waals surface area contributed by atoms with E-state index in [4.69, 9.17) is 26.5 Å². The van der Waals surface area contributed by atoms with Gasteiger partial charge in [0.05, 0.1) is 0 Å². The number of carbonyl (C=O) groups is 1. The number of pyridine rings is 1. The Morgan fingerprint density at radius 2 is 1.88 bits per heavy atom. The molecule has 1 unspecified atom stereocenters. The number of hydrogen-bond donors (Lipinski definition) is 1. The number of thiol groups is 1. The number of aryl methyl sites for hydroxylation is 2. The number of rotatable bonds is 9. The number of aromatic nitrogens is 1. The number of fused-ring (bicyclic) bond motifs is 1. The lowest BCUT2D eigenvalue weighted by molar-refractivity contribution is -0.153. The molecule has 1 aromatic carbocycles. The lowest BCUT2D eigenvalue weighted by atomic mass is 10.0. The van der Waals surface area contributed by atoms with E-state index in [0.717, 1.165) is 40.8 Å². The Morgan fingerprint density at radius 1 is 1.15 bits per heavy atom. The maximum absolute atomic E-state index is 11.9. The molecule has 0 saturated carbocycles. The van der Waals surface area contributed by atoms with Gasteiger partial charge in [-0.25, -0.2) is 4.79 Å². The van der Waals surface area contributed by atoms with Crippen LogP contribution in [0.4, 0.5) is 0 Å². The third-order valence-electron chi connectivity index (χ3n) is 5.36. The maximum atomic E-state index is 11.9. The van der Waals surface area contributed by atoms with Crippen LogP contribution >= 0.6 is 12.6 Å². The van der Waals surface area contributed by atoms with Crippen LogP contribution in [0.3, 0.4) is 0 Å². The van der Waals surface area contributed by atoms with Gasteiger partial charge in [-0.2, -0.15) is 0 Å². The van der Waals surface area contributed by atoms with Gasteiger partial charge in [0.2, 0.25) is 0 Å². The molecule has 0 radical (unpaired) electrons. The monoisotopic (exact) mass is 467 g/mol. The van der Waals surface area contributed by atoms with Crippen molar-refractivity contribution >= 4 is 29.6 Å². The van der Waals surface area contributed by atoms with Crippen LogP contribution in [-0.4, -0.2) is 21.5 Å². The molecule has 0 aliphatic heterocycles. The molecule has 0 saturated heterocycles. The van der Waals surface area contributed by atoms with Gasteiger partial charge in [-0.15, -0.1) is 12.6 Å². The van der Waals surface area contributed by atoms with Gasteiger partial charge in [-0.1, -0.05) is 20.4 Å². The molecule has 0 aliphatic rings. The summed E-state index contributed by atoms with van der Waals surface area (Å²) in [6.07, 6.45) is 4.07. The molecule has 2 aromatic heterocycles. The molecule has 5 nitrogen and oxygen atoms in total. The van der Waals surface area contributed by atoms with Gasteiger partial charge < -0.3 is 13.9 Å². The third kappa shape index (κ3) is 6.20. The first-order valence-electron chi connectivity index (χ1n) is 11.2. The first-order valence-corrected chi connectivity index (χ1v) is 11.7. The van der Waals surface area contributed by atoms with E-state index in [1.807, 2.05) is 51.2 Å². The molecule has 1 atom stereocenters. The van der Waals surface area contributed by atoms with E-state index in [1.54, 1.807) is 6.92 Å². The van der Waals surface area contributed by atoms with Crippen molar-refractivity contribution in [2.45, 2.75) is 71.3 Å². The second kappa shape index (κ2) is 9.64. The van der Waals surface area contributed by atoms with Crippen molar-refractivity contribution in [2.24, 2.45) is 0 Å². The third-order valence-corrected chi connectivity index (χ3v) is 5.60. The first-order chi connectivity index (χ1) is 15.4. The van der Waals surface area contributed by atoms with Crippen molar-refractivity contribution in [1.29, 1.82) is 0 Å². The maximum Gasteiger partial charge on any atom is 0.333 e. The lowest BCUT2D eigenvalue weighted by Crippen LogP contribution is -2.39. The SMILES string of the molecule is C=C(C)C(=O)OC(C)(C)CC(C)(S)Oc1ccc2cc(-c3cnc(CC)cc3CC)oc2c1. The number of carbonyl (C=O) groups excluding carboxylic acids is 1. The van der Waals surface area contributed by atoms with Crippen molar-refractivity contribution in [1.82, 2.24) is 4.98 Å². The van der Waals surface area contributed by atoms with Crippen LogP contribution in [0.25, 0.3) is 22.3 Å². The molecule has 0 fully saturated rings. The number of furan rings is 1. The zero-order valence-electron chi connectivity index (χ0n) is 20.3. The molecule has 0 amide bonds. The average molecular weight is 468 g/mol. The molecule has 2 heterocycles. The Bertz CT molecular complexity index is 1180. The molecule has 176 valence electrons. The number of ether oxygens (including phenoxy) is 2. The second-order valence-electron chi connectivity index (χ2n) is 9.23. The van der Waals surface area contributed by atoms with E-state index >= 15 is 0 Å². The van der Waals surface area contributed by atoms with Gasteiger partial charge in [0.1, 0.15) is 22.7 Å². The fourth-order valence-electron chi connectivity index (χ4n) is 3.92. The molecule has 3 aromatic rings. The number of benzene rings is 1. The predicted octanol–water partition coefficient (Wildman–Crippen LogP) is 6.93. The van der Waals surface area contributed by atoms with Gasteiger partial charge in [0, 0.05) is 40.9 Å². The summed E-state index contributed by atoms with van der Waals surface area (Å²) in [5.74, 6) is 0.982. The number of esters is 1. The van der Waals surface area contributed by atoms with E-state index in [2.05, 4.69) is 31.5 Å². The topological polar surface area (TPSA) is 61.6 Å². The molecular formula is C27H33NO4S. The van der Waals surface area contributed by atoms with Crippen LogP contribution in [0.2, 0.25) is 0 Å². The molecule has 0 N–H and O–H groups in total. The summed E-state index contributed by atoms with van der Waals surface area (Å²) in [6, 6.07) is 9.89. The zero-order valence-corrected chi connectivity index (χ0v) is 21.2. The quantitative estimate of drug-likeness (QED) is 0.160. The minimum atomic E-state index is -0.878. The number of nitrogens with zero attached hydrogens (tertiary/aromatic N) is 1. The molecule has 0 bridgehead atoms. The smallest absolute Gasteiger partial charge is 0.333 e. The van der Waals surface area contributed by atoms with E-state index in [9.17, 15) is 4.79 Å². The molecule has 3 rings (SSSR count). The Labute approximate surface area is 201 Å². The largest absolute Gasteiger partial charge is 0.477 e. The van der Waals surface area contributed by atoms with Crippen molar-refractivity contribution in [3.05, 3.63) is 59.9 Å². The summed E-state index contributed by atoms with van der Waals surface area (Å²) in [5.41, 5.74) is 3.60. The van der Waals surface area contributed by atoms with E-state index in [1.165, 1.54) is 5.56 Å². The minimum Gasteiger partial charge on any atom is -0.477 e. The molecular weight excluding hydrogens is 434 g/mol. The average Bonchev–Trinajstić information content (AvgIpc) is 3.14. The summed E-state index contributed by atoms with van der Waals surface area (Å²) in [7, 11) is 0. The zero-order chi connectivity index (χ0) is 24.4. The summed E-state index contributed by atoms with van der Waals surface area (Å²) in [4.78, 5) is 15.6. The van der Waals surface area contributed by atoms with Crippen LogP contribution in [0.1, 0.15) is 59.2 Å². The summed E-state index contributed by atoms with van der Waals surface area (Å²) < 4.78 is 17.9. The van der Waals surface area contributed by atoms with Crippen LogP contribution in [0.15, 0.2) is 53.1 Å². The van der Waals surface area contributed by atoms with Gasteiger partial charge in [-0.3, -0.25) is 4.98 Å². The van der Waals surface area contributed by atoms with Gasteiger partial charge >= 0.3 is 5.97 Å². The highest BCUT2D eigenvalue weighted by atomic mass is 32.1. The van der Waals surface area contributed by atoms with Crippen LogP contribution in [0.5, 0.6) is 5.75 Å². The van der Waals surface area contributed by atoms with Crippen molar-refractivity contribution in [3.63, 3.8) is 0 Å². The lowest BCUT2D eigenvalue weighted by Gasteiger charge is -2.34. The standard InChI is InChI=1S/C27H33NO4S/c1-8-18-12-20(9-2)28-15-22(18)24-13-19-10-11-21(14-23(19)30-24)31-27(7,33)16-26(5,6)32-25(29)17(3)4/h10-15,33H,3,8-9,16H2,1-2,4-7H3. The van der Waals surface area contributed by atoms with Crippen molar-refractivity contribution in [2.75, 3.05) is 0 Å². The first kappa shape index (κ1) is 24.9. The highest BCUT2D eigenvalue weighted by Gasteiger charge is 2.34. The van der Waals surface area contributed by atoms with Gasteiger partial charge in [0.15, 0.2) is 4.93 Å². The van der Waals surface area contributed by atoms with Crippen molar-refractivity contribution < 1.29 is 18.7 Å². The highest BCUT2D eigenvalue weighted by Crippen LogP contribution is 2.36. The fraction of sp³-hybridized carbons (Fsp3) is 0.407. The number of hydrogen-bond acceptors (Lipinski definition) is 6. The van der Waals surface area contributed by atoms with E-state index in [0.29, 0.717) is 17.7 Å². The van der Waals surface area contributed by atoms with Gasteiger partial charge in [-0.05, 0) is 70.4 Å². The Morgan fingerprint density at radius 3 is 2.52 bits per heavy atom. The summed E-state index contributed by atoms with van der Waals surface area (Å²) in [5, 5.41) is 0.982. The Hall–Kier alpha value is -2.73. The summed E-state index contributed by atoms with van der Waals surface area (Å²) in [6.45, 7) is 15.0. The predicted molar refractivity (Wildman–Crippen MR) is 136 cm³/mol.